The molecule has 0 aromatic heterocycles. The van der Waals surface area contributed by atoms with Crippen molar-refractivity contribution < 1.29 is 18.0 Å². The van der Waals surface area contributed by atoms with Gasteiger partial charge in [-0.15, -0.1) is 0 Å². The highest BCUT2D eigenvalue weighted by Gasteiger charge is 2.31. The van der Waals surface area contributed by atoms with E-state index in [0.29, 0.717) is 31.4 Å². The minimum atomic E-state index is -3.84. The maximum atomic E-state index is 13.0. The molecule has 0 radical (unpaired) electrons. The van der Waals surface area contributed by atoms with Crippen LogP contribution in [0.4, 0.5) is 0 Å². The van der Waals surface area contributed by atoms with Crippen LogP contribution in [0.2, 0.25) is 0 Å². The number of carbonyl (C=O) groups is 2. The maximum Gasteiger partial charge on any atom is 0.241 e. The van der Waals surface area contributed by atoms with Crippen LogP contribution in [0.3, 0.4) is 0 Å². The van der Waals surface area contributed by atoms with Gasteiger partial charge in [0.25, 0.3) is 0 Å². The number of sulfonamides is 1. The molecule has 0 bridgehead atoms. The summed E-state index contributed by atoms with van der Waals surface area (Å²) < 4.78 is 27.8. The number of carbonyl (C=O) groups excluding carboxylic acids is 2. The van der Waals surface area contributed by atoms with Gasteiger partial charge in [-0.2, -0.15) is 4.72 Å². The number of amides is 2. The largest absolute Gasteiger partial charge is 0.384 e. The third-order valence-corrected chi connectivity index (χ3v) is 6.71. The van der Waals surface area contributed by atoms with Crippen LogP contribution in [0.25, 0.3) is 0 Å². The van der Waals surface area contributed by atoms with Crippen LogP contribution >= 0.6 is 0 Å². The second kappa shape index (κ2) is 10.4. The van der Waals surface area contributed by atoms with Crippen LogP contribution in [-0.4, -0.2) is 50.1 Å². The molecule has 1 aliphatic rings. The summed E-state index contributed by atoms with van der Waals surface area (Å²) in [5, 5.41) is 10.2. The van der Waals surface area contributed by atoms with Crippen molar-refractivity contribution in [2.75, 3.05) is 13.1 Å². The molecule has 2 aromatic rings. The smallest absolute Gasteiger partial charge is 0.241 e. The molecule has 1 fully saturated rings. The zero-order valence-corrected chi connectivity index (χ0v) is 18.4. The lowest BCUT2D eigenvalue weighted by Crippen LogP contribution is -2.49. The van der Waals surface area contributed by atoms with Crippen molar-refractivity contribution in [1.29, 1.82) is 5.41 Å². The molecule has 5 N–H and O–H groups in total. The number of nitrogens with zero attached hydrogens (tertiary/aromatic N) is 1. The highest BCUT2D eigenvalue weighted by molar-refractivity contribution is 7.89. The number of likely N-dealkylation sites (tertiary alicyclic amines) is 1. The Hall–Kier alpha value is -3.24. The first kappa shape index (κ1) is 23.4. The van der Waals surface area contributed by atoms with E-state index in [2.05, 4.69) is 10.0 Å². The molecule has 9 nitrogen and oxygen atoms in total. The van der Waals surface area contributed by atoms with Crippen LogP contribution in [0.5, 0.6) is 0 Å². The summed E-state index contributed by atoms with van der Waals surface area (Å²) >= 11 is 0. The van der Waals surface area contributed by atoms with Gasteiger partial charge in [0, 0.05) is 18.7 Å². The third kappa shape index (κ3) is 6.14. The Kier molecular flexibility index (Phi) is 7.60. The maximum absolute atomic E-state index is 13.0. The highest BCUT2D eigenvalue weighted by atomic mass is 32.2. The molecule has 0 spiro atoms. The molecule has 1 aliphatic heterocycles. The molecule has 0 unspecified atom stereocenters. The van der Waals surface area contributed by atoms with Crippen molar-refractivity contribution in [2.45, 2.75) is 36.7 Å². The van der Waals surface area contributed by atoms with E-state index in [9.17, 15) is 18.0 Å². The molecule has 10 heteroatoms. The molecule has 1 heterocycles. The fourth-order valence-corrected chi connectivity index (χ4v) is 4.70. The topological polar surface area (TPSA) is 145 Å². The molecule has 170 valence electrons. The predicted molar refractivity (Wildman–Crippen MR) is 120 cm³/mol. The lowest BCUT2D eigenvalue weighted by molar-refractivity contribution is -0.136. The summed E-state index contributed by atoms with van der Waals surface area (Å²) in [5.74, 6) is -0.763. The van der Waals surface area contributed by atoms with Gasteiger partial charge < -0.3 is 16.0 Å². The predicted octanol–water partition coefficient (Wildman–Crippen LogP) is 0.946. The van der Waals surface area contributed by atoms with E-state index < -0.39 is 22.0 Å². The number of nitrogens with two attached hydrogens (primary N) is 1. The van der Waals surface area contributed by atoms with Crippen molar-refractivity contribution in [2.24, 2.45) is 5.73 Å². The molecule has 2 amide bonds. The highest BCUT2D eigenvalue weighted by Crippen LogP contribution is 2.16. The number of hydrogen-bond donors (Lipinski definition) is 4. The molecule has 1 saturated heterocycles. The summed E-state index contributed by atoms with van der Waals surface area (Å²) in [6.45, 7) is 0.514. The fourth-order valence-electron chi connectivity index (χ4n) is 3.46. The van der Waals surface area contributed by atoms with Crippen molar-refractivity contribution >= 4 is 27.7 Å². The Balaban J connectivity index is 1.59. The van der Waals surface area contributed by atoms with Crippen LogP contribution < -0.4 is 15.8 Å². The van der Waals surface area contributed by atoms with Gasteiger partial charge in [0.2, 0.25) is 21.8 Å². The van der Waals surface area contributed by atoms with E-state index in [1.807, 2.05) is 0 Å². The Bertz CT molecular complexity index is 1070. The SMILES string of the molecule is N=C(N)c1ccc(CNC(=O)CN2CCCC[C@H](NS(=O)(=O)c3ccccc3)C2=O)cc1. The molecule has 32 heavy (non-hydrogen) atoms. The Morgan fingerprint density at radius 3 is 2.44 bits per heavy atom. The number of hydrogen-bond acceptors (Lipinski definition) is 5. The Labute approximate surface area is 187 Å². The van der Waals surface area contributed by atoms with Crippen molar-refractivity contribution in [3.05, 3.63) is 65.7 Å². The summed E-state index contributed by atoms with van der Waals surface area (Å²) in [6.07, 6.45) is 1.74. The van der Waals surface area contributed by atoms with Gasteiger partial charge in [0.05, 0.1) is 11.4 Å². The molecule has 2 aromatic carbocycles. The number of rotatable bonds is 8. The van der Waals surface area contributed by atoms with Crippen molar-refractivity contribution in [3.8, 4) is 0 Å². The third-order valence-electron chi connectivity index (χ3n) is 5.22. The average Bonchev–Trinajstić information content (AvgIpc) is 2.94. The zero-order chi connectivity index (χ0) is 23.1. The first-order chi connectivity index (χ1) is 15.3. The van der Waals surface area contributed by atoms with E-state index in [0.717, 1.165) is 5.56 Å². The summed E-state index contributed by atoms with van der Waals surface area (Å²) in [5.41, 5.74) is 6.86. The quantitative estimate of drug-likeness (QED) is 0.344. The Morgan fingerprint density at radius 2 is 1.78 bits per heavy atom. The van der Waals surface area contributed by atoms with Gasteiger partial charge in [-0.3, -0.25) is 15.0 Å². The van der Waals surface area contributed by atoms with Crippen molar-refractivity contribution in [3.63, 3.8) is 0 Å². The standard InChI is InChI=1S/C22H27N5O4S/c23-21(24)17-11-9-16(10-12-17)14-25-20(28)15-27-13-5-4-8-19(22(27)29)26-32(30,31)18-6-2-1-3-7-18/h1-3,6-7,9-12,19,26H,4-5,8,13-15H2,(H3,23,24)(H,25,28)/t19-/m0/s1. The van der Waals surface area contributed by atoms with E-state index in [1.165, 1.54) is 17.0 Å². The second-order valence-corrected chi connectivity index (χ2v) is 9.34. The van der Waals surface area contributed by atoms with E-state index in [-0.39, 0.29) is 29.7 Å². The zero-order valence-electron chi connectivity index (χ0n) is 17.6. The van der Waals surface area contributed by atoms with Crippen LogP contribution in [0.15, 0.2) is 59.5 Å². The molecule has 3 rings (SSSR count). The van der Waals surface area contributed by atoms with Crippen LogP contribution in [-0.2, 0) is 26.2 Å². The van der Waals surface area contributed by atoms with E-state index in [1.54, 1.807) is 42.5 Å². The number of nitrogen functional groups attached to an aromatic ring is 1. The molecule has 1 atom stereocenters. The van der Waals surface area contributed by atoms with Gasteiger partial charge in [0.15, 0.2) is 0 Å². The minimum absolute atomic E-state index is 0.0299. The summed E-state index contributed by atoms with van der Waals surface area (Å²) in [7, 11) is -3.84. The van der Waals surface area contributed by atoms with Gasteiger partial charge in [-0.05, 0) is 37.0 Å². The van der Waals surface area contributed by atoms with Gasteiger partial charge in [-0.1, -0.05) is 42.5 Å². The molecule has 0 aliphatic carbocycles. The first-order valence-corrected chi connectivity index (χ1v) is 11.8. The average molecular weight is 458 g/mol. The normalized spacial score (nSPS) is 16.9. The first-order valence-electron chi connectivity index (χ1n) is 10.3. The Morgan fingerprint density at radius 1 is 1.09 bits per heavy atom. The monoisotopic (exact) mass is 457 g/mol. The lowest BCUT2D eigenvalue weighted by atomic mass is 10.1. The molecular weight excluding hydrogens is 430 g/mol. The van der Waals surface area contributed by atoms with Crippen molar-refractivity contribution in [1.82, 2.24) is 14.9 Å². The molecular formula is C22H27N5O4S. The fraction of sp³-hybridized carbons (Fsp3) is 0.318. The summed E-state index contributed by atoms with van der Waals surface area (Å²) in [6, 6.07) is 13.9. The lowest BCUT2D eigenvalue weighted by Gasteiger charge is -2.24. The van der Waals surface area contributed by atoms with Gasteiger partial charge >= 0.3 is 0 Å². The van der Waals surface area contributed by atoms with Crippen LogP contribution in [0, 0.1) is 5.41 Å². The summed E-state index contributed by atoms with van der Waals surface area (Å²) in [4.78, 5) is 26.9. The number of amidine groups is 1. The van der Waals surface area contributed by atoms with Gasteiger partial charge in [-0.25, -0.2) is 8.42 Å². The second-order valence-electron chi connectivity index (χ2n) is 7.63. The number of benzene rings is 2. The number of nitrogens with one attached hydrogen (secondary N) is 3. The minimum Gasteiger partial charge on any atom is -0.384 e. The van der Waals surface area contributed by atoms with Crippen LogP contribution in [0.1, 0.15) is 30.4 Å². The van der Waals surface area contributed by atoms with E-state index >= 15 is 0 Å². The van der Waals surface area contributed by atoms with E-state index in [4.69, 9.17) is 11.1 Å². The van der Waals surface area contributed by atoms with Gasteiger partial charge in [0.1, 0.15) is 11.9 Å². The molecule has 0 saturated carbocycles.